The number of ether oxygens (including phenoxy) is 1. The summed E-state index contributed by atoms with van der Waals surface area (Å²) in [5.74, 6) is -1.06. The molecule has 9 nitrogen and oxygen atoms in total. The zero-order valence-electron chi connectivity index (χ0n) is 12.2. The smallest absolute Gasteiger partial charge is 0.251 e. The van der Waals surface area contributed by atoms with Gasteiger partial charge in [0, 0.05) is 6.20 Å². The number of anilines is 1. The highest BCUT2D eigenvalue weighted by atomic mass is 16.5. The van der Waals surface area contributed by atoms with Crippen molar-refractivity contribution in [3.63, 3.8) is 0 Å². The number of nitrogens with two attached hydrogens (primary N) is 2. The van der Waals surface area contributed by atoms with E-state index in [2.05, 4.69) is 16.5 Å². The van der Waals surface area contributed by atoms with Crippen LogP contribution in [0.2, 0.25) is 0 Å². The average molecular weight is 319 g/mol. The van der Waals surface area contributed by atoms with Crippen LogP contribution in [0, 0.1) is 5.92 Å². The molecule has 3 rings (SSSR count). The van der Waals surface area contributed by atoms with E-state index < -0.39 is 30.3 Å². The first kappa shape index (κ1) is 15.4. The molecule has 23 heavy (non-hydrogen) atoms. The van der Waals surface area contributed by atoms with Gasteiger partial charge in [0.2, 0.25) is 0 Å². The maximum absolute atomic E-state index is 11.7. The lowest BCUT2D eigenvalue weighted by molar-refractivity contribution is -0.0440. The van der Waals surface area contributed by atoms with E-state index in [1.807, 2.05) is 0 Å². The monoisotopic (exact) mass is 319 g/mol. The van der Waals surface area contributed by atoms with Gasteiger partial charge in [-0.15, -0.1) is 6.58 Å². The highest BCUT2D eigenvalue weighted by molar-refractivity contribution is 6.08. The van der Waals surface area contributed by atoms with Gasteiger partial charge >= 0.3 is 0 Å². The van der Waals surface area contributed by atoms with E-state index in [9.17, 15) is 15.0 Å². The summed E-state index contributed by atoms with van der Waals surface area (Å²) in [5, 5.41) is 19.8. The van der Waals surface area contributed by atoms with E-state index in [0.717, 1.165) is 0 Å². The number of amides is 1. The third kappa shape index (κ3) is 2.25. The summed E-state index contributed by atoms with van der Waals surface area (Å²) in [6.45, 7) is 3.35. The van der Waals surface area contributed by atoms with Crippen molar-refractivity contribution in [3.8, 4) is 0 Å². The molecule has 2 aromatic rings. The Kier molecular flexibility index (Phi) is 3.76. The summed E-state index contributed by atoms with van der Waals surface area (Å²) in [4.78, 5) is 19.7. The number of carbonyl (C=O) groups is 1. The molecule has 6 N–H and O–H groups in total. The van der Waals surface area contributed by atoms with E-state index in [1.54, 1.807) is 4.57 Å². The van der Waals surface area contributed by atoms with Gasteiger partial charge in [-0.3, -0.25) is 4.79 Å². The molecule has 4 atom stereocenters. The Morgan fingerprint density at radius 2 is 2.26 bits per heavy atom. The molecule has 0 aliphatic carbocycles. The fourth-order valence-corrected chi connectivity index (χ4v) is 2.91. The van der Waals surface area contributed by atoms with Crippen molar-refractivity contribution in [3.05, 3.63) is 30.7 Å². The van der Waals surface area contributed by atoms with Gasteiger partial charge in [0.05, 0.1) is 29.6 Å². The van der Waals surface area contributed by atoms with Gasteiger partial charge in [-0.2, -0.15) is 0 Å². The predicted octanol–water partition coefficient (Wildman–Crippen LogP) is -0.835. The van der Waals surface area contributed by atoms with Crippen LogP contribution in [-0.4, -0.2) is 49.5 Å². The Labute approximate surface area is 131 Å². The number of nitrogen functional groups attached to an aromatic ring is 1. The molecule has 1 fully saturated rings. The second kappa shape index (κ2) is 5.61. The van der Waals surface area contributed by atoms with Crippen molar-refractivity contribution < 1.29 is 19.7 Å². The number of hydrogen-bond donors (Lipinski definition) is 4. The van der Waals surface area contributed by atoms with Crippen LogP contribution in [0.25, 0.3) is 11.0 Å². The molecule has 1 saturated heterocycles. The van der Waals surface area contributed by atoms with Crippen molar-refractivity contribution in [1.82, 2.24) is 14.5 Å². The van der Waals surface area contributed by atoms with Gasteiger partial charge in [-0.1, -0.05) is 6.08 Å². The molecular weight excluding hydrogens is 302 g/mol. The Hall–Kier alpha value is -2.49. The first-order chi connectivity index (χ1) is 11.0. The lowest BCUT2D eigenvalue weighted by Crippen LogP contribution is -2.28. The molecule has 1 aliphatic rings. The molecule has 122 valence electrons. The van der Waals surface area contributed by atoms with Crippen molar-refractivity contribution in [2.24, 2.45) is 11.7 Å². The quantitative estimate of drug-likeness (QED) is 0.537. The highest BCUT2D eigenvalue weighted by Crippen LogP contribution is 2.38. The van der Waals surface area contributed by atoms with Crippen molar-refractivity contribution in [2.45, 2.75) is 18.4 Å². The van der Waals surface area contributed by atoms with Crippen LogP contribution in [-0.2, 0) is 4.74 Å². The molecule has 2 aromatic heterocycles. The molecule has 1 amide bonds. The van der Waals surface area contributed by atoms with Gasteiger partial charge in [-0.25, -0.2) is 9.97 Å². The van der Waals surface area contributed by atoms with Crippen LogP contribution in [0.15, 0.2) is 25.2 Å². The lowest BCUT2D eigenvalue weighted by atomic mass is 10.00. The van der Waals surface area contributed by atoms with Crippen LogP contribution >= 0.6 is 0 Å². The molecule has 0 saturated carbocycles. The van der Waals surface area contributed by atoms with Gasteiger partial charge in [0.15, 0.2) is 0 Å². The number of carbonyl (C=O) groups excluding carboxylic acids is 1. The molecule has 0 unspecified atom stereocenters. The molecule has 0 bridgehead atoms. The third-order valence-corrected chi connectivity index (χ3v) is 4.05. The van der Waals surface area contributed by atoms with Gasteiger partial charge in [0.1, 0.15) is 30.1 Å². The molecule has 9 heteroatoms. The molecule has 3 heterocycles. The minimum absolute atomic E-state index is 0.120. The maximum Gasteiger partial charge on any atom is 0.251 e. The van der Waals surface area contributed by atoms with Crippen molar-refractivity contribution in [2.75, 3.05) is 12.3 Å². The molecule has 1 aliphatic heterocycles. The number of rotatable bonds is 4. The minimum Gasteiger partial charge on any atom is -0.394 e. The highest BCUT2D eigenvalue weighted by Gasteiger charge is 2.43. The van der Waals surface area contributed by atoms with Crippen LogP contribution in [0.3, 0.4) is 0 Å². The average Bonchev–Trinajstić information content (AvgIpc) is 3.05. The standard InChI is InChI=1S/C14H17N5O4/c1-2-6-10(21)8(4-20)23-14(6)19-3-7(12(16)22)9-11(15)17-5-18-13(9)19/h2-3,5-6,8,10,14,20-21H,1,4H2,(H2,16,22)(H2,15,17,18)/t6-,8-,10+,14-/m1/s1. The molecule has 0 radical (unpaired) electrons. The molecular formula is C14H17N5O4. The molecule has 0 aromatic carbocycles. The SMILES string of the molecule is C=C[C@@H]1[C@H](O)[C@@H](CO)O[C@H]1n1cc(C(N)=O)c2c(N)ncnc21. The minimum atomic E-state index is -0.934. The fourth-order valence-electron chi connectivity index (χ4n) is 2.91. The van der Waals surface area contributed by atoms with E-state index in [-0.39, 0.29) is 18.0 Å². The van der Waals surface area contributed by atoms with Gasteiger partial charge < -0.3 is 31.0 Å². The Morgan fingerprint density at radius 1 is 1.52 bits per heavy atom. The van der Waals surface area contributed by atoms with Gasteiger partial charge in [-0.05, 0) is 0 Å². The summed E-state index contributed by atoms with van der Waals surface area (Å²) in [6, 6.07) is 0. The van der Waals surface area contributed by atoms with E-state index in [1.165, 1.54) is 18.6 Å². The van der Waals surface area contributed by atoms with Crippen molar-refractivity contribution in [1.29, 1.82) is 0 Å². The summed E-state index contributed by atoms with van der Waals surface area (Å²) in [6.07, 6.45) is 1.85. The first-order valence-electron chi connectivity index (χ1n) is 6.97. The van der Waals surface area contributed by atoms with Crippen molar-refractivity contribution >= 4 is 22.8 Å². The van der Waals surface area contributed by atoms with Gasteiger partial charge in [0.25, 0.3) is 5.91 Å². The van der Waals surface area contributed by atoms with Crippen LogP contribution in [0.5, 0.6) is 0 Å². The zero-order chi connectivity index (χ0) is 16.7. The zero-order valence-corrected chi connectivity index (χ0v) is 12.2. The number of nitrogens with zero attached hydrogens (tertiary/aromatic N) is 3. The summed E-state index contributed by atoms with van der Waals surface area (Å²) >= 11 is 0. The predicted molar refractivity (Wildman–Crippen MR) is 81.1 cm³/mol. The van der Waals surface area contributed by atoms with E-state index in [4.69, 9.17) is 16.2 Å². The second-order valence-corrected chi connectivity index (χ2v) is 5.32. The third-order valence-electron chi connectivity index (χ3n) is 4.05. The van der Waals surface area contributed by atoms with Crippen LogP contribution < -0.4 is 11.5 Å². The Bertz CT molecular complexity index is 774. The number of fused-ring (bicyclic) bond motifs is 1. The number of aliphatic hydroxyl groups is 2. The molecule has 0 spiro atoms. The lowest BCUT2D eigenvalue weighted by Gasteiger charge is -2.18. The van der Waals surface area contributed by atoms with E-state index in [0.29, 0.717) is 11.0 Å². The second-order valence-electron chi connectivity index (χ2n) is 5.32. The summed E-state index contributed by atoms with van der Waals surface area (Å²) in [5.41, 5.74) is 11.7. The number of primary amides is 1. The van der Waals surface area contributed by atoms with E-state index >= 15 is 0 Å². The topological polar surface area (TPSA) is 150 Å². The van der Waals surface area contributed by atoms with Crippen LogP contribution in [0.1, 0.15) is 16.6 Å². The Balaban J connectivity index is 2.19. The summed E-state index contributed by atoms with van der Waals surface area (Å²) in [7, 11) is 0. The maximum atomic E-state index is 11.7. The number of aromatic nitrogens is 3. The normalized spacial score (nSPS) is 27.4. The summed E-state index contributed by atoms with van der Waals surface area (Å²) < 4.78 is 7.25. The number of hydrogen-bond acceptors (Lipinski definition) is 7. The van der Waals surface area contributed by atoms with Crippen LogP contribution in [0.4, 0.5) is 5.82 Å². The number of aliphatic hydroxyl groups excluding tert-OH is 2. The fraction of sp³-hybridized carbons (Fsp3) is 0.357. The first-order valence-corrected chi connectivity index (χ1v) is 6.97. The largest absolute Gasteiger partial charge is 0.394 e. The Morgan fingerprint density at radius 3 is 2.87 bits per heavy atom.